The lowest BCUT2D eigenvalue weighted by atomic mass is 9.72. The Balaban J connectivity index is 1.21. The molecule has 2 aliphatic rings. The Bertz CT molecular complexity index is 2540. The molecule has 0 heterocycles. The number of fused-ring (bicyclic) bond motifs is 7. The number of anilines is 6. The molecule has 0 saturated heterocycles. The Morgan fingerprint density at radius 3 is 1.12 bits per heavy atom. The van der Waals surface area contributed by atoms with Crippen LogP contribution in [0.5, 0.6) is 0 Å². The van der Waals surface area contributed by atoms with E-state index in [0.29, 0.717) is 0 Å². The molecule has 278 valence electrons. The van der Waals surface area contributed by atoms with E-state index in [1.54, 1.807) is 0 Å². The molecule has 0 fully saturated rings. The fraction of sp³-hybridized carbons (Fsp3) is 0.222. The molecule has 0 aliphatic heterocycles. The molecular formula is C54H52N2. The summed E-state index contributed by atoms with van der Waals surface area (Å²) in [5, 5.41) is 0. The minimum atomic E-state index is -0.217. The second kappa shape index (κ2) is 12.8. The van der Waals surface area contributed by atoms with Gasteiger partial charge in [0, 0.05) is 45.0 Å². The second-order valence-electron chi connectivity index (χ2n) is 17.5. The van der Waals surface area contributed by atoms with Gasteiger partial charge in [-0.1, -0.05) is 100 Å². The van der Waals surface area contributed by atoms with Crippen LogP contribution in [0.4, 0.5) is 34.1 Å². The van der Waals surface area contributed by atoms with Crippen molar-refractivity contribution in [1.29, 1.82) is 0 Å². The molecule has 0 bridgehead atoms. The number of aryl methyl sites for hydroxylation is 6. The summed E-state index contributed by atoms with van der Waals surface area (Å²) in [6.45, 7) is 23.3. The summed E-state index contributed by atoms with van der Waals surface area (Å²) in [5.74, 6) is 0. The summed E-state index contributed by atoms with van der Waals surface area (Å²) in [5.41, 5.74) is 25.7. The van der Waals surface area contributed by atoms with E-state index in [1.807, 2.05) is 0 Å². The number of para-hydroxylation sites is 2. The van der Waals surface area contributed by atoms with Gasteiger partial charge in [-0.3, -0.25) is 0 Å². The quantitative estimate of drug-likeness (QED) is 0.168. The van der Waals surface area contributed by atoms with Crippen molar-refractivity contribution in [2.75, 3.05) is 9.80 Å². The number of rotatable bonds is 6. The summed E-state index contributed by atoms with van der Waals surface area (Å²) < 4.78 is 0. The maximum atomic E-state index is 2.49. The van der Waals surface area contributed by atoms with Crippen LogP contribution in [0, 0.1) is 41.5 Å². The van der Waals surface area contributed by atoms with E-state index in [9.17, 15) is 0 Å². The SMILES string of the molecule is Cc1cccc(N(c2cc(C)c3c(c2)C(C)(C)c2c-3ccc3c2C(C)(C)c2cc(N(c4cccc(C)c4)c4ccccc4C)cc(C)c2-3)c2ccccc2C)c1. The summed E-state index contributed by atoms with van der Waals surface area (Å²) in [6.07, 6.45) is 0. The van der Waals surface area contributed by atoms with Gasteiger partial charge >= 0.3 is 0 Å². The number of benzene rings is 7. The van der Waals surface area contributed by atoms with Crippen molar-refractivity contribution in [3.05, 3.63) is 189 Å². The first-order valence-corrected chi connectivity index (χ1v) is 20.1. The molecule has 7 aromatic rings. The van der Waals surface area contributed by atoms with Gasteiger partial charge in [0.05, 0.1) is 0 Å². The maximum absolute atomic E-state index is 2.49. The topological polar surface area (TPSA) is 6.48 Å². The lowest BCUT2D eigenvalue weighted by molar-refractivity contribution is 0.601. The highest BCUT2D eigenvalue weighted by Gasteiger charge is 2.47. The highest BCUT2D eigenvalue weighted by Crippen LogP contribution is 2.61. The van der Waals surface area contributed by atoms with E-state index in [-0.39, 0.29) is 10.8 Å². The normalized spacial score (nSPS) is 14.2. The number of hydrogen-bond donors (Lipinski definition) is 0. The Morgan fingerprint density at radius 1 is 0.357 bits per heavy atom. The first-order chi connectivity index (χ1) is 26.8. The van der Waals surface area contributed by atoms with E-state index in [1.165, 1.54) is 112 Å². The van der Waals surface area contributed by atoms with Crippen molar-refractivity contribution in [2.24, 2.45) is 0 Å². The fourth-order valence-corrected chi connectivity index (χ4v) is 10.1. The third-order valence-electron chi connectivity index (χ3n) is 12.7. The number of hydrogen-bond acceptors (Lipinski definition) is 2. The Morgan fingerprint density at radius 2 is 0.750 bits per heavy atom. The zero-order chi connectivity index (χ0) is 39.3. The molecule has 0 spiro atoms. The van der Waals surface area contributed by atoms with Gasteiger partial charge in [0.25, 0.3) is 0 Å². The van der Waals surface area contributed by atoms with E-state index < -0.39 is 0 Å². The first-order valence-electron chi connectivity index (χ1n) is 20.1. The minimum Gasteiger partial charge on any atom is -0.310 e. The van der Waals surface area contributed by atoms with Crippen molar-refractivity contribution in [2.45, 2.75) is 80.1 Å². The van der Waals surface area contributed by atoms with Crippen molar-refractivity contribution in [3.63, 3.8) is 0 Å². The Labute approximate surface area is 334 Å². The molecule has 9 rings (SSSR count). The predicted octanol–water partition coefficient (Wildman–Crippen LogP) is 15.1. The highest BCUT2D eigenvalue weighted by atomic mass is 15.1. The maximum Gasteiger partial charge on any atom is 0.0490 e. The van der Waals surface area contributed by atoms with Gasteiger partial charge in [-0.05, 0) is 180 Å². The molecule has 0 atom stereocenters. The smallest absolute Gasteiger partial charge is 0.0490 e. The second-order valence-corrected chi connectivity index (χ2v) is 17.5. The first kappa shape index (κ1) is 35.8. The van der Waals surface area contributed by atoms with Crippen LogP contribution in [0.25, 0.3) is 22.3 Å². The predicted molar refractivity (Wildman–Crippen MR) is 239 cm³/mol. The summed E-state index contributed by atoms with van der Waals surface area (Å²) >= 11 is 0. The summed E-state index contributed by atoms with van der Waals surface area (Å²) in [7, 11) is 0. The van der Waals surface area contributed by atoms with Crippen LogP contribution in [0.15, 0.2) is 133 Å². The van der Waals surface area contributed by atoms with Gasteiger partial charge in [-0.15, -0.1) is 0 Å². The summed E-state index contributed by atoms with van der Waals surface area (Å²) in [6, 6.07) is 50.0. The van der Waals surface area contributed by atoms with Crippen molar-refractivity contribution < 1.29 is 0 Å². The zero-order valence-corrected chi connectivity index (χ0v) is 34.6. The zero-order valence-electron chi connectivity index (χ0n) is 34.6. The van der Waals surface area contributed by atoms with Crippen molar-refractivity contribution >= 4 is 34.1 Å². The van der Waals surface area contributed by atoms with E-state index in [0.717, 1.165) is 0 Å². The molecule has 0 radical (unpaired) electrons. The van der Waals surface area contributed by atoms with Gasteiger partial charge in [0.15, 0.2) is 0 Å². The standard InChI is InChI=1S/C54H52N2/c1-33-17-15-21-39(27-33)55(47-23-13-11-19-35(47)3)41-29-37(5)49-43-25-26-44-50-38(6)30-42(32-46(50)54(9,10)52(44)51(43)53(7,8)45(49)31-41)56(40-22-16-18-34(2)28-40)48-24-14-12-20-36(48)4/h11-32H,1-10H3. The molecule has 56 heavy (non-hydrogen) atoms. The third kappa shape index (κ3) is 5.37. The third-order valence-corrected chi connectivity index (χ3v) is 12.7. The largest absolute Gasteiger partial charge is 0.310 e. The van der Waals surface area contributed by atoms with Crippen molar-refractivity contribution in [3.8, 4) is 22.3 Å². The molecule has 0 N–H and O–H groups in total. The molecule has 0 aromatic heterocycles. The van der Waals surface area contributed by atoms with Gasteiger partial charge in [0.2, 0.25) is 0 Å². The van der Waals surface area contributed by atoms with Crippen molar-refractivity contribution in [1.82, 2.24) is 0 Å². The molecular weight excluding hydrogens is 677 g/mol. The lowest BCUT2D eigenvalue weighted by Gasteiger charge is -2.32. The van der Waals surface area contributed by atoms with E-state index >= 15 is 0 Å². The van der Waals surface area contributed by atoms with E-state index in [2.05, 4.69) is 212 Å². The van der Waals surface area contributed by atoms with E-state index in [4.69, 9.17) is 0 Å². The fourth-order valence-electron chi connectivity index (χ4n) is 10.1. The lowest BCUT2D eigenvalue weighted by Crippen LogP contribution is -2.24. The molecule has 0 amide bonds. The van der Waals surface area contributed by atoms with Crippen LogP contribution in [0.2, 0.25) is 0 Å². The van der Waals surface area contributed by atoms with Crippen LogP contribution < -0.4 is 9.80 Å². The summed E-state index contributed by atoms with van der Waals surface area (Å²) in [4.78, 5) is 4.91. The minimum absolute atomic E-state index is 0.217. The van der Waals surface area contributed by atoms with Gasteiger partial charge in [0.1, 0.15) is 0 Å². The Kier molecular flexibility index (Phi) is 8.22. The van der Waals surface area contributed by atoms with Crippen LogP contribution >= 0.6 is 0 Å². The average molecular weight is 729 g/mol. The monoisotopic (exact) mass is 728 g/mol. The van der Waals surface area contributed by atoms with Crippen LogP contribution in [-0.4, -0.2) is 0 Å². The molecule has 2 heteroatoms. The molecule has 2 nitrogen and oxygen atoms in total. The Hall–Kier alpha value is -5.86. The average Bonchev–Trinajstić information content (AvgIpc) is 3.53. The number of nitrogens with zero attached hydrogens (tertiary/aromatic N) is 2. The van der Waals surface area contributed by atoms with Crippen LogP contribution in [-0.2, 0) is 10.8 Å². The molecule has 0 saturated carbocycles. The molecule has 7 aromatic carbocycles. The van der Waals surface area contributed by atoms with Crippen LogP contribution in [0.3, 0.4) is 0 Å². The van der Waals surface area contributed by atoms with Gasteiger partial charge < -0.3 is 9.80 Å². The molecule has 2 aliphatic carbocycles. The van der Waals surface area contributed by atoms with Gasteiger partial charge in [-0.25, -0.2) is 0 Å². The highest BCUT2D eigenvalue weighted by molar-refractivity contribution is 5.96. The van der Waals surface area contributed by atoms with Crippen LogP contribution in [0.1, 0.15) is 83.3 Å². The van der Waals surface area contributed by atoms with Gasteiger partial charge in [-0.2, -0.15) is 0 Å². The molecule has 0 unspecified atom stereocenters.